The third-order valence-corrected chi connectivity index (χ3v) is 4.46. The van der Waals surface area contributed by atoms with Gasteiger partial charge in [0, 0.05) is 16.0 Å². The quantitative estimate of drug-likeness (QED) is 0.446. The number of carbonyl (C=O) groups excluding carboxylic acids is 1. The van der Waals surface area contributed by atoms with Gasteiger partial charge in [-0.1, -0.05) is 28.9 Å². The van der Waals surface area contributed by atoms with E-state index in [9.17, 15) is 4.79 Å². The van der Waals surface area contributed by atoms with Crippen LogP contribution in [-0.4, -0.2) is 23.2 Å². The zero-order valence-corrected chi connectivity index (χ0v) is 15.8. The molecular weight excluding hydrogens is 384 g/mol. The van der Waals surface area contributed by atoms with Gasteiger partial charge in [0.25, 0.3) is 5.89 Å². The van der Waals surface area contributed by atoms with Crippen molar-refractivity contribution in [3.63, 3.8) is 0 Å². The Balaban J connectivity index is 1.50. The van der Waals surface area contributed by atoms with Crippen LogP contribution in [0.5, 0.6) is 5.75 Å². The summed E-state index contributed by atoms with van der Waals surface area (Å²) in [5.74, 6) is 0.608. The van der Waals surface area contributed by atoms with E-state index >= 15 is 0 Å². The summed E-state index contributed by atoms with van der Waals surface area (Å²) in [5, 5.41) is 5.23. The van der Waals surface area contributed by atoms with Gasteiger partial charge in [0.05, 0.1) is 12.7 Å². The second-order valence-corrected chi connectivity index (χ2v) is 6.42. The molecule has 4 rings (SSSR count). The molecule has 0 saturated heterocycles. The molecule has 0 aliphatic carbocycles. The highest BCUT2D eigenvalue weighted by molar-refractivity contribution is 6.31. The van der Waals surface area contributed by atoms with Crippen LogP contribution in [0, 0.1) is 6.92 Å². The highest BCUT2D eigenvalue weighted by Crippen LogP contribution is 2.29. The first kappa shape index (κ1) is 18.1. The van der Waals surface area contributed by atoms with Crippen molar-refractivity contribution >= 4 is 28.5 Å². The maximum absolute atomic E-state index is 12.4. The van der Waals surface area contributed by atoms with E-state index in [2.05, 4.69) is 10.1 Å². The van der Waals surface area contributed by atoms with Gasteiger partial charge < -0.3 is 18.4 Å². The van der Waals surface area contributed by atoms with Crippen molar-refractivity contribution < 1.29 is 23.2 Å². The fourth-order valence-corrected chi connectivity index (χ4v) is 3.01. The van der Waals surface area contributed by atoms with Gasteiger partial charge in [-0.3, -0.25) is 0 Å². The molecule has 8 heteroatoms. The maximum atomic E-state index is 12.4. The molecule has 2 aromatic heterocycles. The van der Waals surface area contributed by atoms with Gasteiger partial charge >= 0.3 is 5.97 Å². The number of aromatic nitrogens is 2. The molecule has 142 valence electrons. The maximum Gasteiger partial charge on any atom is 0.375 e. The smallest absolute Gasteiger partial charge is 0.375 e. The van der Waals surface area contributed by atoms with Gasteiger partial charge in [-0.05, 0) is 37.3 Å². The third kappa shape index (κ3) is 3.32. The van der Waals surface area contributed by atoms with E-state index < -0.39 is 5.97 Å². The lowest BCUT2D eigenvalue weighted by atomic mass is 10.1. The first-order valence-electron chi connectivity index (χ1n) is 8.38. The van der Waals surface area contributed by atoms with Gasteiger partial charge in [0.2, 0.25) is 11.6 Å². The number of para-hydroxylation sites is 1. The number of carbonyl (C=O) groups is 1. The van der Waals surface area contributed by atoms with Crippen molar-refractivity contribution in [2.45, 2.75) is 13.5 Å². The van der Waals surface area contributed by atoms with Gasteiger partial charge in [-0.2, -0.15) is 4.98 Å². The molecule has 2 heterocycles. The van der Waals surface area contributed by atoms with Crippen LogP contribution in [0.15, 0.2) is 51.4 Å². The Morgan fingerprint density at radius 2 is 2.04 bits per heavy atom. The summed E-state index contributed by atoms with van der Waals surface area (Å²) < 4.78 is 21.3. The molecule has 0 bridgehead atoms. The SMILES string of the molecule is COc1ccccc1-c1noc(COC(=O)c2oc3ccc(Cl)cc3c2C)n1. The molecule has 2 aromatic carbocycles. The molecule has 0 amide bonds. The number of hydrogen-bond donors (Lipinski definition) is 0. The molecule has 0 spiro atoms. The second kappa shape index (κ2) is 7.36. The minimum absolute atomic E-state index is 0.113. The fraction of sp³-hybridized carbons (Fsp3) is 0.150. The van der Waals surface area contributed by atoms with Crippen LogP contribution in [0.3, 0.4) is 0 Å². The predicted molar refractivity (Wildman–Crippen MR) is 101 cm³/mol. The molecule has 0 aliphatic rings. The van der Waals surface area contributed by atoms with Crippen LogP contribution in [0.1, 0.15) is 22.0 Å². The summed E-state index contributed by atoms with van der Waals surface area (Å²) in [6.07, 6.45) is 0. The number of nitrogens with zero attached hydrogens (tertiary/aromatic N) is 2. The van der Waals surface area contributed by atoms with E-state index in [1.165, 1.54) is 0 Å². The van der Waals surface area contributed by atoms with Crippen LogP contribution < -0.4 is 4.74 Å². The largest absolute Gasteiger partial charge is 0.496 e. The number of furan rings is 1. The summed E-state index contributed by atoms with van der Waals surface area (Å²) in [5.41, 5.74) is 1.89. The molecule has 0 unspecified atom stereocenters. The van der Waals surface area contributed by atoms with Gasteiger partial charge in [0.1, 0.15) is 11.3 Å². The number of halogens is 1. The van der Waals surface area contributed by atoms with E-state index in [4.69, 9.17) is 30.0 Å². The summed E-state index contributed by atoms with van der Waals surface area (Å²) >= 11 is 6.00. The lowest BCUT2D eigenvalue weighted by Crippen LogP contribution is -2.05. The molecule has 28 heavy (non-hydrogen) atoms. The lowest BCUT2D eigenvalue weighted by molar-refractivity contribution is 0.0395. The number of benzene rings is 2. The molecule has 0 aliphatic heterocycles. The van der Waals surface area contributed by atoms with Crippen molar-refractivity contribution in [2.24, 2.45) is 0 Å². The summed E-state index contributed by atoms with van der Waals surface area (Å²) in [6, 6.07) is 12.4. The van der Waals surface area contributed by atoms with Crippen molar-refractivity contribution in [1.29, 1.82) is 0 Å². The van der Waals surface area contributed by atoms with Crippen molar-refractivity contribution in [1.82, 2.24) is 10.1 Å². The number of hydrogen-bond acceptors (Lipinski definition) is 7. The van der Waals surface area contributed by atoms with E-state index in [1.54, 1.807) is 38.3 Å². The zero-order valence-electron chi connectivity index (χ0n) is 15.1. The predicted octanol–water partition coefficient (Wildman–Crippen LogP) is 4.81. The number of esters is 1. The van der Waals surface area contributed by atoms with E-state index in [-0.39, 0.29) is 18.3 Å². The monoisotopic (exact) mass is 398 g/mol. The van der Waals surface area contributed by atoms with E-state index in [1.807, 2.05) is 18.2 Å². The first-order chi connectivity index (χ1) is 13.6. The van der Waals surface area contributed by atoms with E-state index in [0.29, 0.717) is 33.3 Å². The van der Waals surface area contributed by atoms with Crippen LogP contribution in [0.2, 0.25) is 5.02 Å². The number of methoxy groups -OCH3 is 1. The minimum atomic E-state index is -0.623. The molecule has 7 nitrogen and oxygen atoms in total. The number of aryl methyl sites for hydroxylation is 1. The molecule has 0 saturated carbocycles. The number of ether oxygens (including phenoxy) is 2. The Bertz CT molecular complexity index is 1160. The van der Waals surface area contributed by atoms with Gasteiger partial charge in [-0.15, -0.1) is 0 Å². The Labute approximate surface area is 164 Å². The Morgan fingerprint density at radius 1 is 1.21 bits per heavy atom. The average molecular weight is 399 g/mol. The number of rotatable bonds is 5. The van der Waals surface area contributed by atoms with Gasteiger partial charge in [0.15, 0.2) is 6.61 Å². The molecule has 0 N–H and O–H groups in total. The Morgan fingerprint density at radius 3 is 2.86 bits per heavy atom. The molecular formula is C20H15ClN2O5. The minimum Gasteiger partial charge on any atom is -0.496 e. The summed E-state index contributed by atoms with van der Waals surface area (Å²) in [4.78, 5) is 16.7. The molecule has 0 radical (unpaired) electrons. The lowest BCUT2D eigenvalue weighted by Gasteiger charge is -2.03. The van der Waals surface area contributed by atoms with Crippen LogP contribution in [0.25, 0.3) is 22.4 Å². The van der Waals surface area contributed by atoms with E-state index in [0.717, 1.165) is 5.39 Å². The van der Waals surface area contributed by atoms with Crippen molar-refractivity contribution in [3.8, 4) is 17.1 Å². The highest BCUT2D eigenvalue weighted by Gasteiger charge is 2.21. The zero-order chi connectivity index (χ0) is 19.7. The number of fused-ring (bicyclic) bond motifs is 1. The Kier molecular flexibility index (Phi) is 4.75. The van der Waals surface area contributed by atoms with Crippen molar-refractivity contribution in [3.05, 3.63) is 64.7 Å². The Hall–Kier alpha value is -3.32. The van der Waals surface area contributed by atoms with Crippen LogP contribution in [-0.2, 0) is 11.3 Å². The molecule has 0 atom stereocenters. The molecule has 4 aromatic rings. The molecule has 0 fully saturated rings. The first-order valence-corrected chi connectivity index (χ1v) is 8.76. The average Bonchev–Trinajstić information content (AvgIpc) is 3.31. The standard InChI is InChI=1S/C20H15ClN2O5/c1-11-14-9-12(21)7-8-16(14)27-18(11)20(24)26-10-17-22-19(23-28-17)13-5-3-4-6-15(13)25-2/h3-9H,10H2,1-2H3. The summed E-state index contributed by atoms with van der Waals surface area (Å²) in [7, 11) is 1.56. The fourth-order valence-electron chi connectivity index (χ4n) is 2.83. The second-order valence-electron chi connectivity index (χ2n) is 5.98. The van der Waals surface area contributed by atoms with Crippen LogP contribution >= 0.6 is 11.6 Å². The normalized spacial score (nSPS) is 11.0. The van der Waals surface area contributed by atoms with Gasteiger partial charge in [-0.25, -0.2) is 4.79 Å². The topological polar surface area (TPSA) is 87.6 Å². The third-order valence-electron chi connectivity index (χ3n) is 4.23. The van der Waals surface area contributed by atoms with Crippen LogP contribution in [0.4, 0.5) is 0 Å². The summed E-state index contributed by atoms with van der Waals surface area (Å²) in [6.45, 7) is 1.59. The highest BCUT2D eigenvalue weighted by atomic mass is 35.5. The van der Waals surface area contributed by atoms with Crippen molar-refractivity contribution in [2.75, 3.05) is 7.11 Å².